The van der Waals surface area contributed by atoms with Crippen molar-refractivity contribution < 1.29 is 47.2 Å². The van der Waals surface area contributed by atoms with Gasteiger partial charge in [-0.15, -0.1) is 5.10 Å². The number of carbonyl (C=O) groups excluding carboxylic acids is 2. The van der Waals surface area contributed by atoms with Crippen molar-refractivity contribution in [2.45, 2.75) is 109 Å². The molecule has 82 heavy (non-hydrogen) atoms. The molecule has 6 atom stereocenters. The Labute approximate surface area is 471 Å². The molecule has 4 aliphatic rings. The maximum Gasteiger partial charge on any atom is 0.319 e. The zero-order chi connectivity index (χ0) is 56.9. The summed E-state index contributed by atoms with van der Waals surface area (Å²) in [6.07, 6.45) is 5.07. The van der Waals surface area contributed by atoms with E-state index in [1.807, 2.05) is 45.0 Å². The number of hydrogen-bond donors (Lipinski definition) is 4. The van der Waals surface area contributed by atoms with Gasteiger partial charge in [-0.3, -0.25) is 14.6 Å². The molecule has 4 saturated heterocycles. The molecule has 0 saturated carbocycles. The number of likely N-dealkylation sites (tertiary alicyclic amines) is 1. The number of phenols is 1. The van der Waals surface area contributed by atoms with Crippen LogP contribution in [0.4, 0.5) is 19.0 Å². The van der Waals surface area contributed by atoms with Gasteiger partial charge in [-0.2, -0.15) is 9.97 Å². The number of pyridine rings is 1. The Morgan fingerprint density at radius 1 is 0.902 bits per heavy atom. The van der Waals surface area contributed by atoms with Crippen molar-refractivity contribution in [2.75, 3.05) is 37.7 Å². The molecule has 4 N–H and O–H groups in total. The summed E-state index contributed by atoms with van der Waals surface area (Å²) in [5.41, 5.74) is 4.61. The Morgan fingerprint density at radius 3 is 2.37 bits per heavy atom. The van der Waals surface area contributed by atoms with Gasteiger partial charge in [0.1, 0.15) is 70.7 Å². The highest BCUT2D eigenvalue weighted by atomic mass is 19.1. The van der Waals surface area contributed by atoms with Gasteiger partial charge in [0.15, 0.2) is 5.75 Å². The summed E-state index contributed by atoms with van der Waals surface area (Å²) in [6.45, 7) is 10.1. The third-order valence-corrected chi connectivity index (χ3v) is 16.4. The number of nitrogens with zero attached hydrogens (tertiary/aromatic N) is 8. The number of phenolic OH excluding ortho intramolecular Hbond substituents is 1. The number of fused-ring (bicyclic) bond motifs is 4. The monoisotopic (exact) mass is 1120 g/mol. The van der Waals surface area contributed by atoms with Crippen molar-refractivity contribution >= 4 is 39.3 Å². The maximum absolute atomic E-state index is 15.7. The highest BCUT2D eigenvalue weighted by Crippen LogP contribution is 2.45. The van der Waals surface area contributed by atoms with Gasteiger partial charge in [0.05, 0.1) is 42.5 Å². The number of carbonyl (C=O) groups is 2. The number of hydrogen-bond acceptors (Lipinski definition) is 14. The summed E-state index contributed by atoms with van der Waals surface area (Å²) >= 11 is 0. The second-order valence-electron chi connectivity index (χ2n) is 22.2. The minimum absolute atomic E-state index is 0.0227. The first-order chi connectivity index (χ1) is 39.7. The van der Waals surface area contributed by atoms with Crippen LogP contribution in [-0.4, -0.2) is 120 Å². The van der Waals surface area contributed by atoms with Gasteiger partial charge < -0.3 is 44.9 Å². The number of β-amino-alcohol motifs (C(OH)–C–C–N with tert-alkyl or cyclic N) is 1. The van der Waals surface area contributed by atoms with Crippen LogP contribution < -0.4 is 25.0 Å². The van der Waals surface area contributed by atoms with E-state index < -0.39 is 47.7 Å². The number of nitrogens with one attached hydrogen (secondary N) is 2. The van der Waals surface area contributed by atoms with E-state index in [-0.39, 0.29) is 60.8 Å². The molecule has 17 nitrogen and oxygen atoms in total. The summed E-state index contributed by atoms with van der Waals surface area (Å²) < 4.78 is 65.3. The van der Waals surface area contributed by atoms with E-state index in [0.717, 1.165) is 25.1 Å². The fourth-order valence-corrected chi connectivity index (χ4v) is 12.2. The molecule has 4 fully saturated rings. The number of piperazine rings is 1. The molecule has 2 bridgehead atoms. The molecule has 2 amide bonds. The van der Waals surface area contributed by atoms with Crippen LogP contribution in [0.5, 0.6) is 17.5 Å². The molecule has 20 heteroatoms. The normalized spacial score (nSPS) is 19.8. The second kappa shape index (κ2) is 22.6. The fourth-order valence-electron chi connectivity index (χ4n) is 12.2. The first-order valence-corrected chi connectivity index (χ1v) is 28.1. The fraction of sp³-hybridized carbons (Fsp3) is 0.371. The molecular weight excluding hydrogens is 1050 g/mol. The predicted molar refractivity (Wildman–Crippen MR) is 301 cm³/mol. The zero-order valence-corrected chi connectivity index (χ0v) is 45.9. The van der Waals surface area contributed by atoms with Gasteiger partial charge in [0.25, 0.3) is 0 Å². The smallest absolute Gasteiger partial charge is 0.319 e. The Kier molecular flexibility index (Phi) is 15.0. The van der Waals surface area contributed by atoms with Crippen LogP contribution in [0, 0.1) is 23.4 Å². The number of aromatic nitrogens is 6. The lowest BCUT2D eigenvalue weighted by molar-refractivity contribution is -0.142. The lowest BCUT2D eigenvalue weighted by Crippen LogP contribution is -2.49. The van der Waals surface area contributed by atoms with Gasteiger partial charge in [-0.25, -0.2) is 17.9 Å². The molecule has 424 valence electrons. The molecule has 4 aliphatic heterocycles. The number of amides is 2. The second-order valence-corrected chi connectivity index (χ2v) is 22.2. The van der Waals surface area contributed by atoms with E-state index in [1.165, 1.54) is 33.8 Å². The summed E-state index contributed by atoms with van der Waals surface area (Å²) in [6, 6.07) is 22.4. The van der Waals surface area contributed by atoms with Crippen molar-refractivity contribution in [2.24, 2.45) is 5.92 Å². The predicted octanol–water partition coefficient (Wildman–Crippen LogP) is 9.18. The average molecular weight is 1120 g/mol. The Morgan fingerprint density at radius 2 is 1.66 bits per heavy atom. The van der Waals surface area contributed by atoms with Crippen LogP contribution in [0.3, 0.4) is 0 Å². The van der Waals surface area contributed by atoms with Gasteiger partial charge in [0, 0.05) is 68.3 Å². The molecule has 0 radical (unpaired) electrons. The summed E-state index contributed by atoms with van der Waals surface area (Å²) in [4.78, 5) is 47.4. The summed E-state index contributed by atoms with van der Waals surface area (Å²) in [7, 11) is 0. The van der Waals surface area contributed by atoms with Crippen molar-refractivity contribution in [1.29, 1.82) is 0 Å². The Bertz CT molecular complexity index is 3690. The third kappa shape index (κ3) is 10.5. The Hall–Kier alpha value is -8.20. The molecule has 8 aromatic rings. The first kappa shape index (κ1) is 54.4. The minimum atomic E-state index is -0.979. The van der Waals surface area contributed by atoms with Crippen molar-refractivity contribution in [3.8, 4) is 51.2 Å². The number of aryl methyl sites for hydroxylation is 1. The van der Waals surface area contributed by atoms with Gasteiger partial charge in [-0.05, 0) is 89.0 Å². The SMILES string of the molecule is CCc1c(F)ccc2cc(O)cc(-c3ncc4c(N5C[C@@H]6C[C@H]5CN6)nc(OC5CCOCC5)nc4c3OCc3ccc(-c4cn([C@H](C(=O)N5C[C@H](O)C[C@H]5C(=O)N[C@@H](C)c5ccc(-c6c(F)cccc6F)cc5)C(C)C)nn4)cc3)c12. The summed E-state index contributed by atoms with van der Waals surface area (Å²) in [5, 5.41) is 39.4. The van der Waals surface area contributed by atoms with E-state index in [2.05, 4.69) is 25.8 Å². The van der Waals surface area contributed by atoms with E-state index in [1.54, 1.807) is 61.8 Å². The number of aromatic hydroxyl groups is 1. The molecule has 12 rings (SSSR count). The quantitative estimate of drug-likeness (QED) is 0.0713. The number of benzene rings is 5. The van der Waals surface area contributed by atoms with Crippen LogP contribution in [0.1, 0.15) is 82.2 Å². The molecule has 0 spiro atoms. The third-order valence-electron chi connectivity index (χ3n) is 16.4. The number of halogens is 3. The van der Waals surface area contributed by atoms with Crippen molar-refractivity contribution in [3.63, 3.8) is 0 Å². The zero-order valence-electron chi connectivity index (χ0n) is 45.9. The highest BCUT2D eigenvalue weighted by molar-refractivity contribution is 6.04. The van der Waals surface area contributed by atoms with Crippen LogP contribution in [0.15, 0.2) is 103 Å². The van der Waals surface area contributed by atoms with Gasteiger partial charge in [0.2, 0.25) is 11.8 Å². The number of rotatable bonds is 16. The highest BCUT2D eigenvalue weighted by Gasteiger charge is 2.44. The number of aliphatic hydroxyl groups excluding tert-OH is 1. The van der Waals surface area contributed by atoms with Gasteiger partial charge in [-0.1, -0.05) is 86.6 Å². The maximum atomic E-state index is 15.7. The van der Waals surface area contributed by atoms with Crippen LogP contribution >= 0.6 is 0 Å². The van der Waals surface area contributed by atoms with Gasteiger partial charge >= 0.3 is 6.01 Å². The molecule has 0 aliphatic carbocycles. The largest absolute Gasteiger partial charge is 0.508 e. The summed E-state index contributed by atoms with van der Waals surface area (Å²) in [5.74, 6) is -1.93. The van der Waals surface area contributed by atoms with E-state index in [4.69, 9.17) is 29.2 Å². The first-order valence-electron chi connectivity index (χ1n) is 28.1. The topological polar surface area (TPSA) is 202 Å². The number of aliphatic hydroxyl groups is 1. The molecule has 7 heterocycles. The average Bonchev–Trinajstić information content (AvgIpc) is 3.58. The molecule has 5 aromatic carbocycles. The van der Waals surface area contributed by atoms with E-state index in [0.29, 0.717) is 111 Å². The van der Waals surface area contributed by atoms with Crippen molar-refractivity contribution in [1.82, 2.24) is 45.5 Å². The Balaban J connectivity index is 0.810. The standard InChI is InChI=1S/C62H63F3N10O7/c1-5-45-48(63)18-17-39-23-42(76)25-46(53(39)45)55-58(56-47(28-67-55)59(73-29-40-24-41(73)27-66-40)70-62(69-56)82-44-19-21-80-22-20-44)81-32-35-9-11-37(12-10-35)51-31-75(72-71-51)57(33(2)3)61(79)74-30-43(77)26-52(74)60(78)68-34(4)36-13-15-38(16-14-36)54-49(64)7-6-8-50(54)65/h6-18,23,25,28,31,33-34,40-41,43-44,52,57,66,76-77H,5,19-22,24,26-27,29-30,32H2,1-4H3,(H,68,78)/t34-,40-,41-,43+,52-,57-/m0/s1. The van der Waals surface area contributed by atoms with E-state index in [9.17, 15) is 28.6 Å². The minimum Gasteiger partial charge on any atom is -0.508 e. The molecule has 3 aromatic heterocycles. The van der Waals surface area contributed by atoms with Crippen LogP contribution in [0.2, 0.25) is 0 Å². The van der Waals surface area contributed by atoms with Crippen molar-refractivity contribution in [3.05, 3.63) is 138 Å². The lowest BCUT2D eigenvalue weighted by Gasteiger charge is -2.30. The van der Waals surface area contributed by atoms with E-state index >= 15 is 4.39 Å². The molecular formula is C62H63F3N10O7. The van der Waals surface area contributed by atoms with Crippen LogP contribution in [-0.2, 0) is 27.4 Å². The van der Waals surface area contributed by atoms with Crippen LogP contribution in [0.25, 0.3) is 55.3 Å². The number of ether oxygens (including phenoxy) is 3. The number of anilines is 1. The molecule has 0 unspecified atom stereocenters. The lowest BCUT2D eigenvalue weighted by atomic mass is 9.94.